The fourth-order valence-electron chi connectivity index (χ4n) is 3.28. The van der Waals surface area contributed by atoms with Gasteiger partial charge in [-0.15, -0.1) is 0 Å². The van der Waals surface area contributed by atoms with Crippen molar-refractivity contribution in [2.75, 3.05) is 0 Å². The number of hydrogen-bond acceptors (Lipinski definition) is 2. The van der Waals surface area contributed by atoms with Crippen LogP contribution in [0.3, 0.4) is 0 Å². The fourth-order valence-corrected chi connectivity index (χ4v) is 4.50. The second-order valence-corrected chi connectivity index (χ2v) is 8.14. The van der Waals surface area contributed by atoms with Gasteiger partial charge in [-0.2, -0.15) is 0 Å². The Morgan fingerprint density at radius 1 is 1.00 bits per heavy atom. The molecule has 5 heteroatoms. The lowest BCUT2D eigenvalue weighted by atomic mass is 9.96. The molecule has 5 unspecified atom stereocenters. The highest BCUT2D eigenvalue weighted by Gasteiger charge is 2.13. The Balaban J connectivity index is 2.32. The highest BCUT2D eigenvalue weighted by molar-refractivity contribution is 8.00. The van der Waals surface area contributed by atoms with Crippen LogP contribution in [0.5, 0.6) is 0 Å². The molecule has 1 rings (SSSR count). The van der Waals surface area contributed by atoms with E-state index in [1.54, 1.807) is 0 Å². The monoisotopic (exact) mass is 402 g/mol. The Morgan fingerprint density at radius 2 is 1.72 bits per heavy atom. The van der Waals surface area contributed by atoms with E-state index < -0.39 is 0 Å². The molecule has 0 aliphatic rings. The van der Waals surface area contributed by atoms with Gasteiger partial charge in [0.15, 0.2) is 0 Å². The van der Waals surface area contributed by atoms with Gasteiger partial charge in [0.05, 0.1) is 12.2 Å². The first-order valence-corrected chi connectivity index (χ1v) is 13.0. The molecule has 0 aromatic heterocycles. The largest absolute Gasteiger partial charge is 0.362 e. The molecule has 0 spiro atoms. The van der Waals surface area contributed by atoms with Crippen LogP contribution >= 0.6 is 26.9 Å². The fraction of sp³-hybridized carbons (Fsp3) is 0.700. The Labute approximate surface area is 161 Å². The van der Waals surface area contributed by atoms with Crippen molar-refractivity contribution in [3.63, 3.8) is 0 Å². The van der Waals surface area contributed by atoms with Gasteiger partial charge in [0.2, 0.25) is 0 Å². The van der Waals surface area contributed by atoms with Crippen molar-refractivity contribution >= 4 is 26.9 Å². The highest BCUT2D eigenvalue weighted by Crippen LogP contribution is 2.35. The molecule has 0 N–H and O–H groups in total. The van der Waals surface area contributed by atoms with Gasteiger partial charge in [0.1, 0.15) is 0 Å². The predicted molar refractivity (Wildman–Crippen MR) is 119 cm³/mol. The highest BCUT2D eigenvalue weighted by atomic mass is 32.0. The Hall–Kier alpha value is 0.430. The van der Waals surface area contributed by atoms with Gasteiger partial charge in [-0.1, -0.05) is 79.1 Å². The third kappa shape index (κ3) is 9.79. The molecular weight excluding hydrogens is 365 g/mol. The summed E-state index contributed by atoms with van der Waals surface area (Å²) in [4.78, 5) is 0. The maximum atomic E-state index is 5.91. The minimum atomic E-state index is 0.241. The van der Waals surface area contributed by atoms with Crippen LogP contribution in [0.4, 0.5) is 0 Å². The third-order valence-corrected chi connectivity index (χ3v) is 5.99. The Kier molecular flexibility index (Phi) is 14.5. The summed E-state index contributed by atoms with van der Waals surface area (Å²) in [7, 11) is 5.61. The number of benzene rings is 1. The summed E-state index contributed by atoms with van der Waals surface area (Å²) in [6.07, 6.45) is 12.9. The molecule has 1 aromatic rings. The smallest absolute Gasteiger partial charge is 0.0868 e. The maximum absolute atomic E-state index is 5.91. The summed E-state index contributed by atoms with van der Waals surface area (Å²) in [5, 5.41) is 0. The standard InChI is InChI=1S/C20H37O2P3/c1-3-5-14-18(21-23)15-9-7-6-8-12-17-13-10-11-16-19(17)20(4-2)22-25-24/h10-11,13,16,18,20,25H,3-9,12,14-15,23-24H2,1-2H3. The SMILES string of the molecule is CCCCC(CCCCCCc1ccccc1C(CC)OPP)OP. The van der Waals surface area contributed by atoms with Crippen molar-refractivity contribution in [2.45, 2.75) is 90.3 Å². The molecule has 0 bridgehead atoms. The van der Waals surface area contributed by atoms with Gasteiger partial charge in [0.25, 0.3) is 0 Å². The predicted octanol–water partition coefficient (Wildman–Crippen LogP) is 7.40. The van der Waals surface area contributed by atoms with E-state index in [0.29, 0.717) is 14.6 Å². The van der Waals surface area contributed by atoms with Crippen LogP contribution in [-0.4, -0.2) is 6.10 Å². The molecular formula is C20H37O2P3. The van der Waals surface area contributed by atoms with E-state index in [-0.39, 0.29) is 6.10 Å². The third-order valence-electron chi connectivity index (χ3n) is 4.78. The van der Waals surface area contributed by atoms with Crippen molar-refractivity contribution in [2.24, 2.45) is 0 Å². The molecule has 2 nitrogen and oxygen atoms in total. The molecule has 0 heterocycles. The lowest BCUT2D eigenvalue weighted by molar-refractivity contribution is 0.205. The second-order valence-electron chi connectivity index (χ2n) is 6.68. The van der Waals surface area contributed by atoms with Gasteiger partial charge < -0.3 is 9.05 Å². The summed E-state index contributed by atoms with van der Waals surface area (Å²) in [5.41, 5.74) is 2.85. The van der Waals surface area contributed by atoms with Gasteiger partial charge in [-0.3, -0.25) is 0 Å². The average Bonchev–Trinajstić information content (AvgIpc) is 2.65. The van der Waals surface area contributed by atoms with Gasteiger partial charge in [-0.25, -0.2) is 0 Å². The molecule has 0 aliphatic carbocycles. The number of hydrogen-bond donors (Lipinski definition) is 0. The zero-order chi connectivity index (χ0) is 18.3. The van der Waals surface area contributed by atoms with E-state index in [1.807, 2.05) is 0 Å². The summed E-state index contributed by atoms with van der Waals surface area (Å²) in [6.45, 7) is 4.45. The van der Waals surface area contributed by atoms with Crippen LogP contribution < -0.4 is 0 Å². The van der Waals surface area contributed by atoms with Gasteiger partial charge >= 0.3 is 0 Å². The molecule has 5 atom stereocenters. The normalized spacial score (nSPS) is 14.2. The number of aryl methyl sites for hydroxylation is 1. The molecule has 0 aliphatic heterocycles. The first-order valence-electron chi connectivity index (χ1n) is 9.81. The van der Waals surface area contributed by atoms with Crippen molar-refractivity contribution in [1.82, 2.24) is 0 Å². The van der Waals surface area contributed by atoms with Crippen molar-refractivity contribution in [1.29, 1.82) is 0 Å². The molecule has 0 saturated heterocycles. The first kappa shape index (κ1) is 23.5. The number of unbranched alkanes of at least 4 members (excludes halogenated alkanes) is 4. The van der Waals surface area contributed by atoms with Crippen molar-refractivity contribution in [3.05, 3.63) is 35.4 Å². The van der Waals surface area contributed by atoms with Crippen LogP contribution in [-0.2, 0) is 15.5 Å². The molecule has 1 aromatic carbocycles. The Bertz CT molecular complexity index is 443. The van der Waals surface area contributed by atoms with E-state index in [4.69, 9.17) is 9.05 Å². The van der Waals surface area contributed by atoms with Crippen LogP contribution in [0.15, 0.2) is 24.3 Å². The summed E-state index contributed by atoms with van der Waals surface area (Å²) >= 11 is 0. The van der Waals surface area contributed by atoms with Crippen molar-refractivity contribution in [3.8, 4) is 0 Å². The molecule has 0 radical (unpaired) electrons. The van der Waals surface area contributed by atoms with Crippen LogP contribution in [0.1, 0.15) is 88.9 Å². The molecule has 144 valence electrons. The lowest BCUT2D eigenvalue weighted by Crippen LogP contribution is -2.07. The van der Waals surface area contributed by atoms with Crippen LogP contribution in [0.25, 0.3) is 0 Å². The average molecular weight is 402 g/mol. The zero-order valence-corrected chi connectivity index (χ0v) is 19.3. The Morgan fingerprint density at radius 3 is 2.40 bits per heavy atom. The maximum Gasteiger partial charge on any atom is 0.0868 e. The van der Waals surface area contributed by atoms with E-state index in [9.17, 15) is 0 Å². The van der Waals surface area contributed by atoms with Crippen LogP contribution in [0, 0.1) is 0 Å². The zero-order valence-electron chi connectivity index (χ0n) is 16.0. The van der Waals surface area contributed by atoms with E-state index in [0.717, 1.165) is 12.8 Å². The van der Waals surface area contributed by atoms with Gasteiger partial charge in [-0.05, 0) is 43.2 Å². The van der Waals surface area contributed by atoms with E-state index in [2.05, 4.69) is 56.5 Å². The second kappa shape index (κ2) is 15.5. The minimum absolute atomic E-state index is 0.241. The quantitative estimate of drug-likeness (QED) is 0.225. The topological polar surface area (TPSA) is 18.5 Å². The summed E-state index contributed by atoms with van der Waals surface area (Å²) < 4.78 is 11.4. The number of rotatable bonds is 15. The first-order chi connectivity index (χ1) is 12.3. The molecule has 25 heavy (non-hydrogen) atoms. The lowest BCUT2D eigenvalue weighted by Gasteiger charge is -2.19. The van der Waals surface area contributed by atoms with E-state index >= 15 is 0 Å². The van der Waals surface area contributed by atoms with Crippen molar-refractivity contribution < 1.29 is 9.05 Å². The molecule has 0 fully saturated rings. The summed E-state index contributed by atoms with van der Waals surface area (Å²) in [5.74, 6) is 0. The minimum Gasteiger partial charge on any atom is -0.362 e. The van der Waals surface area contributed by atoms with E-state index in [1.165, 1.54) is 62.5 Å². The summed E-state index contributed by atoms with van der Waals surface area (Å²) in [6, 6.07) is 8.80. The van der Waals surface area contributed by atoms with Crippen LogP contribution in [0.2, 0.25) is 0 Å². The molecule has 0 amide bonds. The molecule has 0 saturated carbocycles. The van der Waals surface area contributed by atoms with Gasteiger partial charge in [0, 0.05) is 18.0 Å².